The number of aryl methyl sites for hydroxylation is 1. The van der Waals surface area contributed by atoms with Gasteiger partial charge in [0.1, 0.15) is 4.99 Å². The molecule has 0 saturated carbocycles. The number of ether oxygens (including phenoxy) is 1. The molecule has 0 bridgehead atoms. The van der Waals surface area contributed by atoms with Gasteiger partial charge in [0.05, 0.1) is 17.4 Å². The molecule has 1 heterocycles. The molecule has 1 aromatic rings. The maximum Gasteiger partial charge on any atom is 0.159 e. The molecule has 0 aliphatic carbocycles. The molecule has 0 radical (unpaired) electrons. The zero-order valence-corrected chi connectivity index (χ0v) is 13.5. The maximum absolute atomic E-state index is 5.87. The summed E-state index contributed by atoms with van der Waals surface area (Å²) in [6.45, 7) is 9.44. The molecule has 6 heteroatoms. The molecular formula is C14H24N4OS. The number of nitrogens with zero attached hydrogens (tertiary/aromatic N) is 2. The molecule has 0 spiro atoms. The van der Waals surface area contributed by atoms with Gasteiger partial charge in [0.25, 0.3) is 0 Å². The lowest BCUT2D eigenvalue weighted by atomic mass is 10.0. The minimum Gasteiger partial charge on any atom is -0.389 e. The first kappa shape index (κ1) is 16.8. The van der Waals surface area contributed by atoms with E-state index in [2.05, 4.69) is 29.4 Å². The number of nitrogens with one attached hydrogen (secondary N) is 1. The highest BCUT2D eigenvalue weighted by Crippen LogP contribution is 2.21. The summed E-state index contributed by atoms with van der Waals surface area (Å²) < 4.78 is 5.49. The smallest absolute Gasteiger partial charge is 0.159 e. The van der Waals surface area contributed by atoms with Crippen molar-refractivity contribution in [3.05, 3.63) is 16.8 Å². The third kappa shape index (κ3) is 4.11. The largest absolute Gasteiger partial charge is 0.389 e. The van der Waals surface area contributed by atoms with E-state index < -0.39 is 0 Å². The number of anilines is 1. The number of aromatic nitrogens is 2. The zero-order chi connectivity index (χ0) is 15.1. The van der Waals surface area contributed by atoms with E-state index in [0.717, 1.165) is 29.7 Å². The van der Waals surface area contributed by atoms with Crippen LogP contribution in [0.15, 0.2) is 0 Å². The van der Waals surface area contributed by atoms with Crippen LogP contribution in [0.3, 0.4) is 0 Å². The molecule has 1 aromatic heterocycles. The lowest BCUT2D eigenvalue weighted by Crippen LogP contribution is -2.24. The van der Waals surface area contributed by atoms with Crippen LogP contribution in [0.4, 0.5) is 5.82 Å². The van der Waals surface area contributed by atoms with E-state index >= 15 is 0 Å². The van der Waals surface area contributed by atoms with Gasteiger partial charge < -0.3 is 15.8 Å². The molecule has 0 aromatic carbocycles. The van der Waals surface area contributed by atoms with Crippen LogP contribution in [0.2, 0.25) is 0 Å². The van der Waals surface area contributed by atoms with Gasteiger partial charge in [-0.15, -0.1) is 5.10 Å². The summed E-state index contributed by atoms with van der Waals surface area (Å²) in [6.07, 6.45) is 1.75. The monoisotopic (exact) mass is 296 g/mol. The highest BCUT2D eigenvalue weighted by Gasteiger charge is 2.17. The fraction of sp³-hybridized carbons (Fsp3) is 0.643. The maximum atomic E-state index is 5.87. The third-order valence-corrected chi connectivity index (χ3v) is 3.30. The lowest BCUT2D eigenvalue weighted by Gasteiger charge is -2.17. The summed E-state index contributed by atoms with van der Waals surface area (Å²) >= 11 is 5.18. The molecule has 112 valence electrons. The second-order valence-corrected chi connectivity index (χ2v) is 5.01. The van der Waals surface area contributed by atoms with Crippen LogP contribution >= 0.6 is 12.2 Å². The number of nitrogens with two attached hydrogens (primary N) is 1. The van der Waals surface area contributed by atoms with Crippen LogP contribution in [0.5, 0.6) is 0 Å². The summed E-state index contributed by atoms with van der Waals surface area (Å²) in [6, 6.07) is 0. The van der Waals surface area contributed by atoms with Crippen LogP contribution < -0.4 is 11.1 Å². The summed E-state index contributed by atoms with van der Waals surface area (Å²) in [4.78, 5) is 0.359. The molecule has 0 fully saturated rings. The predicted octanol–water partition coefficient (Wildman–Crippen LogP) is 2.07. The van der Waals surface area contributed by atoms with Crippen molar-refractivity contribution in [3.8, 4) is 0 Å². The van der Waals surface area contributed by atoms with Gasteiger partial charge in [-0.3, -0.25) is 0 Å². The molecule has 5 nitrogen and oxygen atoms in total. The summed E-state index contributed by atoms with van der Waals surface area (Å²) in [5.74, 6) is 0.651. The van der Waals surface area contributed by atoms with Gasteiger partial charge in [0.15, 0.2) is 5.82 Å². The van der Waals surface area contributed by atoms with Crippen molar-refractivity contribution >= 4 is 23.0 Å². The number of hydrogen-bond acceptors (Lipinski definition) is 5. The Kier molecular flexibility index (Phi) is 6.81. The molecule has 1 rings (SSSR count). The Morgan fingerprint density at radius 1 is 1.30 bits per heavy atom. The molecule has 0 amide bonds. The van der Waals surface area contributed by atoms with E-state index in [0.29, 0.717) is 24.0 Å². The molecule has 3 N–H and O–H groups in total. The molecule has 1 atom stereocenters. The van der Waals surface area contributed by atoms with E-state index in [1.54, 1.807) is 0 Å². The Balaban J connectivity index is 3.04. The quantitative estimate of drug-likeness (QED) is 0.716. The second kappa shape index (κ2) is 8.11. The van der Waals surface area contributed by atoms with Gasteiger partial charge in [-0.05, 0) is 32.3 Å². The Hall–Kier alpha value is -1.27. The second-order valence-electron chi connectivity index (χ2n) is 4.57. The molecule has 0 aliphatic heterocycles. The first-order chi connectivity index (χ1) is 9.54. The average Bonchev–Trinajstić information content (AvgIpc) is 2.43. The fourth-order valence-electron chi connectivity index (χ4n) is 2.15. The van der Waals surface area contributed by atoms with Crippen molar-refractivity contribution in [3.63, 3.8) is 0 Å². The summed E-state index contributed by atoms with van der Waals surface area (Å²) in [5.41, 5.74) is 8.73. The SMILES string of the molecule is CCOC(C)CNc1nnc(CC)c(CC)c1C(N)=S. The van der Waals surface area contributed by atoms with Gasteiger partial charge in [-0.25, -0.2) is 0 Å². The Bertz CT molecular complexity index is 465. The van der Waals surface area contributed by atoms with Crippen LogP contribution in [0.25, 0.3) is 0 Å². The van der Waals surface area contributed by atoms with E-state index in [9.17, 15) is 0 Å². The predicted molar refractivity (Wildman–Crippen MR) is 86.3 cm³/mol. The van der Waals surface area contributed by atoms with Crippen LogP contribution in [0, 0.1) is 0 Å². The molecule has 1 unspecified atom stereocenters. The van der Waals surface area contributed by atoms with Crippen molar-refractivity contribution in [1.82, 2.24) is 10.2 Å². The minimum absolute atomic E-state index is 0.0944. The van der Waals surface area contributed by atoms with Crippen molar-refractivity contribution in [2.24, 2.45) is 5.73 Å². The number of hydrogen-bond donors (Lipinski definition) is 2. The molecule has 20 heavy (non-hydrogen) atoms. The lowest BCUT2D eigenvalue weighted by molar-refractivity contribution is 0.0854. The molecule has 0 aliphatic rings. The zero-order valence-electron chi connectivity index (χ0n) is 12.7. The van der Waals surface area contributed by atoms with Crippen molar-refractivity contribution in [2.75, 3.05) is 18.5 Å². The van der Waals surface area contributed by atoms with Crippen LogP contribution in [-0.4, -0.2) is 34.4 Å². The Labute approximate surface area is 126 Å². The highest BCUT2D eigenvalue weighted by molar-refractivity contribution is 7.80. The van der Waals surface area contributed by atoms with E-state index in [1.807, 2.05) is 13.8 Å². The average molecular weight is 296 g/mol. The third-order valence-electron chi connectivity index (χ3n) is 3.10. The number of thiocarbonyl (C=S) groups is 1. The molecular weight excluding hydrogens is 272 g/mol. The topological polar surface area (TPSA) is 73.1 Å². The van der Waals surface area contributed by atoms with E-state index in [4.69, 9.17) is 22.7 Å². The van der Waals surface area contributed by atoms with Crippen molar-refractivity contribution in [2.45, 2.75) is 46.6 Å². The van der Waals surface area contributed by atoms with Gasteiger partial charge in [-0.2, -0.15) is 5.10 Å². The van der Waals surface area contributed by atoms with Crippen molar-refractivity contribution < 1.29 is 4.74 Å². The van der Waals surface area contributed by atoms with E-state index in [1.165, 1.54) is 0 Å². The van der Waals surface area contributed by atoms with Crippen LogP contribution in [-0.2, 0) is 17.6 Å². The first-order valence-corrected chi connectivity index (χ1v) is 7.49. The minimum atomic E-state index is 0.0944. The Morgan fingerprint density at radius 2 is 2.00 bits per heavy atom. The standard InChI is InChI=1S/C14H24N4OS/c1-5-10-11(6-2)17-18-14(12(10)13(15)20)16-8-9(4)19-7-3/h9H,5-8H2,1-4H3,(H2,15,20)(H,16,18). The van der Waals surface area contributed by atoms with Gasteiger partial charge in [-0.1, -0.05) is 26.1 Å². The summed E-state index contributed by atoms with van der Waals surface area (Å²) in [5, 5.41) is 11.7. The highest BCUT2D eigenvalue weighted by atomic mass is 32.1. The van der Waals surface area contributed by atoms with E-state index in [-0.39, 0.29) is 6.10 Å². The first-order valence-electron chi connectivity index (χ1n) is 7.08. The van der Waals surface area contributed by atoms with Crippen LogP contribution in [0.1, 0.15) is 44.5 Å². The normalized spacial score (nSPS) is 12.2. The van der Waals surface area contributed by atoms with Crippen molar-refractivity contribution in [1.29, 1.82) is 0 Å². The molecule has 0 saturated heterocycles. The van der Waals surface area contributed by atoms with Gasteiger partial charge >= 0.3 is 0 Å². The number of rotatable bonds is 8. The summed E-state index contributed by atoms with van der Waals surface area (Å²) in [7, 11) is 0. The van der Waals surface area contributed by atoms with Gasteiger partial charge in [0.2, 0.25) is 0 Å². The Morgan fingerprint density at radius 3 is 2.50 bits per heavy atom. The fourth-order valence-corrected chi connectivity index (χ4v) is 2.37. The van der Waals surface area contributed by atoms with Gasteiger partial charge in [0, 0.05) is 13.2 Å².